The van der Waals surface area contributed by atoms with Gasteiger partial charge in [-0.1, -0.05) is 104 Å². The number of hydrogen-bond donors (Lipinski definition) is 7. The number of benzene rings is 1. The van der Waals surface area contributed by atoms with Crippen LogP contribution in [-0.4, -0.2) is 130 Å². The van der Waals surface area contributed by atoms with Gasteiger partial charge in [0.2, 0.25) is 35.3 Å². The summed E-state index contributed by atoms with van der Waals surface area (Å²) in [5.74, 6) is -7.58. The monoisotopic (exact) mass is 1040 g/mol. The number of nitrogens with zero attached hydrogens (tertiary/aromatic N) is 1. The van der Waals surface area contributed by atoms with Gasteiger partial charge < -0.3 is 46.4 Å². The first-order valence-electron chi connectivity index (χ1n) is 27.3. The Hall–Kier alpha value is -5.23. The van der Waals surface area contributed by atoms with Gasteiger partial charge in [0.1, 0.15) is 35.7 Å². The van der Waals surface area contributed by atoms with Crippen LogP contribution in [0.4, 0.5) is 0 Å². The number of aliphatic hydroxyl groups is 1. The summed E-state index contributed by atoms with van der Waals surface area (Å²) in [4.78, 5) is 123. The number of carbonyl (C=O) groups is 9. The van der Waals surface area contributed by atoms with Crippen molar-refractivity contribution >= 4 is 52.8 Å². The van der Waals surface area contributed by atoms with Gasteiger partial charge in [-0.25, -0.2) is 0 Å². The fourth-order valence-electron chi connectivity index (χ4n) is 9.31. The van der Waals surface area contributed by atoms with Crippen molar-refractivity contribution in [1.82, 2.24) is 31.5 Å². The SMILES string of the molecule is CCCCCCCCCCCCCC(=O)C[C@@H](CC(C)C)C(=O)N[C@H](C(=O)N1CCC[C@@H]1C(=O)N[C@H](C(=O)C[C@@H](C)C(=O)N[C@@H](Cc1ccc(O)cc1)C(=O)NC(C)C(=O)C(=O)NC)C(C)O)C(C)OC(C)(C)C. The summed E-state index contributed by atoms with van der Waals surface area (Å²) in [5.41, 5.74) is -0.191. The number of carbonyl (C=O) groups excluding carboxylic acids is 9. The molecule has 0 radical (unpaired) electrons. The van der Waals surface area contributed by atoms with Gasteiger partial charge in [-0.15, -0.1) is 0 Å². The summed E-state index contributed by atoms with van der Waals surface area (Å²) in [6.07, 6.45) is 11.4. The van der Waals surface area contributed by atoms with Gasteiger partial charge in [-0.3, -0.25) is 43.2 Å². The number of phenols is 1. The largest absolute Gasteiger partial charge is 0.508 e. The van der Waals surface area contributed by atoms with E-state index >= 15 is 0 Å². The Morgan fingerprint density at radius 3 is 1.85 bits per heavy atom. The van der Waals surface area contributed by atoms with Gasteiger partial charge >= 0.3 is 0 Å². The van der Waals surface area contributed by atoms with Gasteiger partial charge in [0.25, 0.3) is 5.91 Å². The first kappa shape index (κ1) is 64.9. The first-order chi connectivity index (χ1) is 34.8. The third-order valence-electron chi connectivity index (χ3n) is 13.4. The molecule has 1 heterocycles. The average molecular weight is 1040 g/mol. The van der Waals surface area contributed by atoms with E-state index in [2.05, 4.69) is 33.5 Å². The van der Waals surface area contributed by atoms with Crippen LogP contribution in [-0.2, 0) is 54.3 Å². The zero-order chi connectivity index (χ0) is 55.7. The molecule has 1 fully saturated rings. The highest BCUT2D eigenvalue weighted by atomic mass is 16.5. The lowest BCUT2D eigenvalue weighted by Gasteiger charge is -2.35. The molecule has 74 heavy (non-hydrogen) atoms. The fraction of sp³-hybridized carbons (Fsp3) is 0.732. The zero-order valence-corrected chi connectivity index (χ0v) is 46.4. The third kappa shape index (κ3) is 23.5. The van der Waals surface area contributed by atoms with Crippen molar-refractivity contribution in [1.29, 1.82) is 0 Å². The van der Waals surface area contributed by atoms with Crippen molar-refractivity contribution < 1.29 is 58.1 Å². The minimum Gasteiger partial charge on any atom is -0.508 e. The number of ketones is 3. The molecule has 0 aliphatic carbocycles. The van der Waals surface area contributed by atoms with Crippen molar-refractivity contribution in [3.63, 3.8) is 0 Å². The molecule has 1 aliphatic heterocycles. The number of ether oxygens (including phenoxy) is 1. The maximum Gasteiger partial charge on any atom is 0.289 e. The summed E-state index contributed by atoms with van der Waals surface area (Å²) in [7, 11) is 1.27. The van der Waals surface area contributed by atoms with E-state index in [1.807, 2.05) is 34.6 Å². The molecule has 1 aromatic rings. The van der Waals surface area contributed by atoms with E-state index in [9.17, 15) is 53.4 Å². The summed E-state index contributed by atoms with van der Waals surface area (Å²) < 4.78 is 6.24. The molecule has 6 amide bonds. The number of likely N-dealkylation sites (N-methyl/N-ethyl adjacent to an activating group) is 1. The molecule has 0 bridgehead atoms. The van der Waals surface area contributed by atoms with Crippen molar-refractivity contribution in [3.05, 3.63) is 29.8 Å². The Morgan fingerprint density at radius 2 is 1.31 bits per heavy atom. The molecule has 3 unspecified atom stereocenters. The smallest absolute Gasteiger partial charge is 0.289 e. The molecule has 18 heteroatoms. The minimum atomic E-state index is -1.50. The summed E-state index contributed by atoms with van der Waals surface area (Å²) >= 11 is 0. The van der Waals surface area contributed by atoms with Gasteiger partial charge in [-0.2, -0.15) is 0 Å². The van der Waals surface area contributed by atoms with Gasteiger partial charge in [0.15, 0.2) is 5.78 Å². The lowest BCUT2D eigenvalue weighted by molar-refractivity contribution is -0.149. The Balaban J connectivity index is 2.20. The highest BCUT2D eigenvalue weighted by Crippen LogP contribution is 2.25. The van der Waals surface area contributed by atoms with Crippen LogP contribution in [0.15, 0.2) is 24.3 Å². The number of hydrogen-bond acceptors (Lipinski definition) is 12. The molecule has 18 nitrogen and oxygen atoms in total. The number of Topliss-reactive ketones (excluding diaryl/α,β-unsaturated/α-hetero) is 3. The molecular formula is C56H92N6O12. The quantitative estimate of drug-likeness (QED) is 0.0319. The van der Waals surface area contributed by atoms with Crippen molar-refractivity contribution in [2.45, 2.75) is 233 Å². The van der Waals surface area contributed by atoms with Crippen LogP contribution < -0.4 is 26.6 Å². The Bertz CT molecular complexity index is 1980. The fourth-order valence-corrected chi connectivity index (χ4v) is 9.31. The van der Waals surface area contributed by atoms with Crippen LogP contribution in [0.2, 0.25) is 0 Å². The van der Waals surface area contributed by atoms with Gasteiger partial charge in [0.05, 0.1) is 23.9 Å². The summed E-state index contributed by atoms with van der Waals surface area (Å²) in [6.45, 7) is 17.5. The Morgan fingerprint density at radius 1 is 0.730 bits per heavy atom. The predicted molar refractivity (Wildman–Crippen MR) is 283 cm³/mol. The molecule has 0 aromatic heterocycles. The molecule has 418 valence electrons. The number of phenolic OH excluding ortho intramolecular Hbond substituents is 1. The molecule has 0 saturated carbocycles. The molecular weight excluding hydrogens is 949 g/mol. The van der Waals surface area contributed by atoms with E-state index in [0.717, 1.165) is 25.7 Å². The van der Waals surface area contributed by atoms with Crippen LogP contribution in [0.3, 0.4) is 0 Å². The van der Waals surface area contributed by atoms with Crippen LogP contribution in [0.5, 0.6) is 5.75 Å². The van der Waals surface area contributed by atoms with Crippen LogP contribution in [0, 0.1) is 17.8 Å². The van der Waals surface area contributed by atoms with E-state index < -0.39 is 113 Å². The second-order valence-electron chi connectivity index (χ2n) is 21.9. The number of amides is 6. The third-order valence-corrected chi connectivity index (χ3v) is 13.4. The van der Waals surface area contributed by atoms with E-state index in [-0.39, 0.29) is 43.3 Å². The first-order valence-corrected chi connectivity index (χ1v) is 27.3. The van der Waals surface area contributed by atoms with E-state index in [1.54, 1.807) is 6.92 Å². The number of unbranched alkanes of at least 4 members (excludes halogenated alkanes) is 10. The Labute approximate surface area is 440 Å². The van der Waals surface area contributed by atoms with E-state index in [4.69, 9.17) is 4.74 Å². The number of likely N-dealkylation sites (tertiary alicyclic amines) is 1. The zero-order valence-electron chi connectivity index (χ0n) is 46.4. The van der Waals surface area contributed by atoms with Crippen LogP contribution >= 0.6 is 0 Å². The van der Waals surface area contributed by atoms with Crippen LogP contribution in [0.1, 0.15) is 184 Å². The number of aliphatic hydroxyl groups excluding tert-OH is 1. The standard InChI is InChI=1S/C56H92N6O12/c1-12-13-14-15-16-17-18-19-20-21-22-24-43(65)34-41(31-35(2)3)51(69)61-48(39(7)74-56(8,9)10)55(73)62-30-23-25-45(62)53(71)60-47(38(6)63)46(66)32-36(4)50(68)59-44(33-40-26-28-42(64)29-27-40)52(70)58-37(5)49(67)54(72)57-11/h26-29,35-39,41,44-45,47-48,63-64H,12-25,30-34H2,1-11H3,(H,57,72)(H,58,70)(H,59,68)(H,60,71)(H,61,69)/t36-,37?,38?,39?,41-,44+,45-,47+,48+/m1/s1. The van der Waals surface area contributed by atoms with Gasteiger partial charge in [0, 0.05) is 51.1 Å². The minimum absolute atomic E-state index is 0.00123. The molecule has 1 aromatic carbocycles. The highest BCUT2D eigenvalue weighted by molar-refractivity contribution is 6.38. The molecule has 0 spiro atoms. The molecule has 2 rings (SSSR count). The normalized spacial score (nSPS) is 16.9. The lowest BCUT2D eigenvalue weighted by Crippen LogP contribution is -2.60. The number of rotatable bonds is 35. The lowest BCUT2D eigenvalue weighted by atomic mass is 9.90. The summed E-state index contributed by atoms with van der Waals surface area (Å²) in [5, 5.41) is 33.4. The highest BCUT2D eigenvalue weighted by Gasteiger charge is 2.43. The number of aromatic hydroxyl groups is 1. The van der Waals surface area contributed by atoms with Crippen molar-refractivity contribution in [3.8, 4) is 5.75 Å². The Kier molecular flexibility index (Phi) is 28.9. The average Bonchev–Trinajstić information content (AvgIpc) is 3.83. The number of nitrogens with one attached hydrogen (secondary N) is 5. The molecule has 9 atom stereocenters. The molecule has 1 saturated heterocycles. The van der Waals surface area contributed by atoms with E-state index in [1.165, 1.54) is 102 Å². The predicted octanol–water partition coefficient (Wildman–Crippen LogP) is 5.70. The molecule has 7 N–H and O–H groups in total. The van der Waals surface area contributed by atoms with Crippen molar-refractivity contribution in [2.75, 3.05) is 13.6 Å². The second-order valence-corrected chi connectivity index (χ2v) is 21.9. The van der Waals surface area contributed by atoms with E-state index in [0.29, 0.717) is 24.8 Å². The summed E-state index contributed by atoms with van der Waals surface area (Å²) in [6, 6.07) is -0.505. The van der Waals surface area contributed by atoms with Crippen molar-refractivity contribution in [2.24, 2.45) is 17.8 Å². The topological polar surface area (TPSA) is 267 Å². The molecule has 1 aliphatic rings. The maximum absolute atomic E-state index is 14.6. The maximum atomic E-state index is 14.6. The van der Waals surface area contributed by atoms with Gasteiger partial charge in [-0.05, 0) is 90.8 Å². The second kappa shape index (κ2) is 32.9. The van der Waals surface area contributed by atoms with Crippen LogP contribution in [0.25, 0.3) is 0 Å².